The van der Waals surface area contributed by atoms with Crippen molar-refractivity contribution in [2.24, 2.45) is 5.14 Å². The van der Waals surface area contributed by atoms with Crippen molar-refractivity contribution in [3.05, 3.63) is 63.6 Å². The third kappa shape index (κ3) is 4.36. The van der Waals surface area contributed by atoms with E-state index >= 15 is 0 Å². The van der Waals surface area contributed by atoms with Gasteiger partial charge in [-0.2, -0.15) is 0 Å². The van der Waals surface area contributed by atoms with Gasteiger partial charge in [0.2, 0.25) is 10.0 Å². The lowest BCUT2D eigenvalue weighted by molar-refractivity contribution is 0.102. The second kappa shape index (κ2) is 7.40. The summed E-state index contributed by atoms with van der Waals surface area (Å²) < 4.78 is 23.3. The first kappa shape index (κ1) is 19.5. The molecule has 0 bridgehead atoms. The zero-order valence-corrected chi connectivity index (χ0v) is 16.9. The molecule has 3 N–H and O–H groups in total. The van der Waals surface area contributed by atoms with Crippen LogP contribution in [0.5, 0.6) is 0 Å². The number of primary sulfonamides is 1. The summed E-state index contributed by atoms with van der Waals surface area (Å²) in [5, 5.41) is 9.17. The lowest BCUT2D eigenvalue weighted by atomic mass is 10.2. The fourth-order valence-electron chi connectivity index (χ4n) is 2.52. The molecule has 0 fully saturated rings. The van der Waals surface area contributed by atoms with Crippen LogP contribution < -0.4 is 10.5 Å². The second-order valence-electron chi connectivity index (χ2n) is 5.92. The Morgan fingerprint density at radius 3 is 2.59 bits per heavy atom. The van der Waals surface area contributed by atoms with Crippen molar-refractivity contribution >= 4 is 44.6 Å². The Morgan fingerprint density at radius 1 is 1.19 bits per heavy atom. The quantitative estimate of drug-likeness (QED) is 0.665. The number of nitrogens with zero attached hydrogens (tertiary/aromatic N) is 1. The van der Waals surface area contributed by atoms with Crippen LogP contribution in [0.4, 0.5) is 5.69 Å². The minimum atomic E-state index is -3.87. The highest BCUT2D eigenvalue weighted by molar-refractivity contribution is 7.89. The first-order valence-corrected chi connectivity index (χ1v) is 10.6. The Hall–Kier alpha value is -2.26. The molecule has 3 aromatic rings. The number of sulfonamides is 1. The van der Waals surface area contributed by atoms with Crippen molar-refractivity contribution < 1.29 is 13.2 Å². The number of hydrogen-bond donors (Lipinski definition) is 2. The zero-order valence-electron chi connectivity index (χ0n) is 14.5. The number of nitrogens with two attached hydrogens (primary N) is 1. The molecule has 9 heteroatoms. The molecular formula is C18H16ClN3O3S2. The largest absolute Gasteiger partial charge is 0.321 e. The van der Waals surface area contributed by atoms with Gasteiger partial charge in [-0.05, 0) is 43.7 Å². The molecule has 6 nitrogen and oxygen atoms in total. The molecule has 3 rings (SSSR count). The molecule has 1 heterocycles. The number of carbonyl (C=O) groups is 1. The average molecular weight is 422 g/mol. The zero-order chi connectivity index (χ0) is 19.8. The van der Waals surface area contributed by atoms with Gasteiger partial charge in [0.25, 0.3) is 5.91 Å². The smallest absolute Gasteiger partial charge is 0.267 e. The number of aromatic nitrogens is 1. The van der Waals surface area contributed by atoms with Gasteiger partial charge in [-0.15, -0.1) is 11.3 Å². The summed E-state index contributed by atoms with van der Waals surface area (Å²) in [6, 6.07) is 11.8. The Labute approximate surface area is 166 Å². The summed E-state index contributed by atoms with van der Waals surface area (Å²) >= 11 is 7.25. The molecule has 0 aliphatic rings. The topological polar surface area (TPSA) is 102 Å². The number of benzene rings is 2. The molecule has 0 aliphatic heterocycles. The van der Waals surface area contributed by atoms with E-state index in [-0.39, 0.29) is 10.8 Å². The van der Waals surface area contributed by atoms with E-state index < -0.39 is 10.0 Å². The first-order valence-electron chi connectivity index (χ1n) is 7.83. The average Bonchev–Trinajstić information content (AvgIpc) is 2.97. The van der Waals surface area contributed by atoms with E-state index in [1.54, 1.807) is 38.1 Å². The Kier molecular flexibility index (Phi) is 5.34. The highest BCUT2D eigenvalue weighted by Crippen LogP contribution is 2.30. The minimum Gasteiger partial charge on any atom is -0.321 e. The monoisotopic (exact) mass is 421 g/mol. The van der Waals surface area contributed by atoms with Crippen LogP contribution in [0.1, 0.15) is 20.9 Å². The van der Waals surface area contributed by atoms with Crippen LogP contribution >= 0.6 is 22.9 Å². The fourth-order valence-corrected chi connectivity index (χ4v) is 4.48. The maximum atomic E-state index is 12.6. The maximum Gasteiger partial charge on any atom is 0.267 e. The summed E-state index contributed by atoms with van der Waals surface area (Å²) in [5.41, 5.74) is 2.24. The number of rotatable bonds is 4. The van der Waals surface area contributed by atoms with Gasteiger partial charge in [-0.25, -0.2) is 18.5 Å². The molecule has 0 unspecified atom stereocenters. The molecule has 0 aliphatic carbocycles. The molecule has 2 aromatic carbocycles. The van der Waals surface area contributed by atoms with Gasteiger partial charge in [0.1, 0.15) is 9.88 Å². The van der Waals surface area contributed by atoms with Gasteiger partial charge in [0.15, 0.2) is 0 Å². The summed E-state index contributed by atoms with van der Waals surface area (Å²) in [5.74, 6) is -0.373. The number of carbonyl (C=O) groups excluding carboxylic acids is 1. The number of halogens is 1. The van der Waals surface area contributed by atoms with Crippen molar-refractivity contribution in [3.8, 4) is 10.6 Å². The Bertz CT molecular complexity index is 1140. The van der Waals surface area contributed by atoms with Gasteiger partial charge in [-0.1, -0.05) is 29.8 Å². The first-order chi connectivity index (χ1) is 12.6. The predicted molar refractivity (Wildman–Crippen MR) is 108 cm³/mol. The molecule has 27 heavy (non-hydrogen) atoms. The van der Waals surface area contributed by atoms with Crippen LogP contribution in [-0.2, 0) is 10.0 Å². The highest BCUT2D eigenvalue weighted by atomic mass is 35.5. The van der Waals surface area contributed by atoms with Crippen LogP contribution in [0, 0.1) is 13.8 Å². The lowest BCUT2D eigenvalue weighted by Crippen LogP contribution is -2.16. The summed E-state index contributed by atoms with van der Waals surface area (Å²) in [7, 11) is -3.87. The number of aryl methyl sites for hydroxylation is 2. The molecule has 140 valence electrons. The molecule has 0 radical (unpaired) electrons. The number of hydrogen-bond acceptors (Lipinski definition) is 5. The molecule has 1 amide bonds. The fraction of sp³-hybridized carbons (Fsp3) is 0.111. The van der Waals surface area contributed by atoms with E-state index in [0.717, 1.165) is 5.56 Å². The molecule has 0 saturated carbocycles. The Balaban J connectivity index is 1.90. The number of thiazole rings is 1. The molecule has 0 atom stereocenters. The summed E-state index contributed by atoms with van der Waals surface area (Å²) in [6.07, 6.45) is 0. The van der Waals surface area contributed by atoms with Crippen molar-refractivity contribution in [2.45, 2.75) is 18.7 Å². The van der Waals surface area contributed by atoms with Crippen molar-refractivity contribution in [3.63, 3.8) is 0 Å². The van der Waals surface area contributed by atoms with Crippen molar-refractivity contribution in [2.75, 3.05) is 5.32 Å². The van der Waals surface area contributed by atoms with E-state index in [2.05, 4.69) is 10.3 Å². The van der Waals surface area contributed by atoms with Gasteiger partial charge < -0.3 is 5.32 Å². The number of anilines is 1. The van der Waals surface area contributed by atoms with Crippen LogP contribution in [-0.4, -0.2) is 19.3 Å². The SMILES string of the molecule is Cc1ccc(NC(=O)c2sc(-c3cccc(Cl)c3)nc2C)cc1S(N)(=O)=O. The summed E-state index contributed by atoms with van der Waals surface area (Å²) in [6.45, 7) is 3.38. The number of nitrogens with one attached hydrogen (secondary N) is 1. The van der Waals surface area contributed by atoms with Gasteiger partial charge >= 0.3 is 0 Å². The van der Waals surface area contributed by atoms with Crippen LogP contribution in [0.25, 0.3) is 10.6 Å². The van der Waals surface area contributed by atoms with Crippen molar-refractivity contribution in [1.29, 1.82) is 0 Å². The van der Waals surface area contributed by atoms with E-state index in [1.807, 2.05) is 12.1 Å². The maximum absolute atomic E-state index is 12.6. The molecule has 0 saturated heterocycles. The number of amides is 1. The van der Waals surface area contributed by atoms with E-state index in [4.69, 9.17) is 16.7 Å². The van der Waals surface area contributed by atoms with Crippen LogP contribution in [0.3, 0.4) is 0 Å². The molecule has 0 spiro atoms. The van der Waals surface area contributed by atoms with Gasteiger partial charge in [-0.3, -0.25) is 4.79 Å². The standard InChI is InChI=1S/C18H16ClN3O3S2/c1-10-6-7-14(9-15(10)27(20,24)25)22-17(23)16-11(2)21-18(26-16)12-4-3-5-13(19)8-12/h3-9H,1-2H3,(H,22,23)(H2,20,24,25). The van der Waals surface area contributed by atoms with Crippen molar-refractivity contribution in [1.82, 2.24) is 4.98 Å². The molecule has 1 aromatic heterocycles. The predicted octanol–water partition coefficient (Wildman–Crippen LogP) is 3.98. The highest BCUT2D eigenvalue weighted by Gasteiger charge is 2.18. The third-order valence-corrected chi connectivity index (χ3v) is 6.32. The Morgan fingerprint density at radius 2 is 1.93 bits per heavy atom. The van der Waals surface area contributed by atoms with Gasteiger partial charge in [0.05, 0.1) is 10.6 Å². The molecular weight excluding hydrogens is 406 g/mol. The minimum absolute atomic E-state index is 0.0269. The lowest BCUT2D eigenvalue weighted by Gasteiger charge is -2.08. The third-order valence-electron chi connectivity index (χ3n) is 3.83. The normalized spacial score (nSPS) is 11.4. The van der Waals surface area contributed by atoms with Crippen LogP contribution in [0.2, 0.25) is 5.02 Å². The van der Waals surface area contributed by atoms with E-state index in [1.165, 1.54) is 17.4 Å². The van der Waals surface area contributed by atoms with E-state index in [0.29, 0.717) is 31.9 Å². The van der Waals surface area contributed by atoms with Gasteiger partial charge in [0, 0.05) is 16.3 Å². The van der Waals surface area contributed by atoms with E-state index in [9.17, 15) is 13.2 Å². The summed E-state index contributed by atoms with van der Waals surface area (Å²) in [4.78, 5) is 17.5. The van der Waals surface area contributed by atoms with Crippen LogP contribution in [0.15, 0.2) is 47.4 Å². The second-order valence-corrected chi connectivity index (χ2v) is 8.89.